The maximum Gasteiger partial charge on any atom is 0.271 e. The topological polar surface area (TPSA) is 66.4 Å². The number of hydrogen-bond donors (Lipinski definition) is 2. The highest BCUT2D eigenvalue weighted by Crippen LogP contribution is 2.12. The predicted octanol–water partition coefficient (Wildman–Crippen LogP) is 0.448. The van der Waals surface area contributed by atoms with Crippen LogP contribution < -0.4 is 10.6 Å². The molecule has 1 saturated heterocycles. The Morgan fingerprint density at radius 3 is 2.95 bits per heavy atom. The van der Waals surface area contributed by atoms with Crippen LogP contribution in [0.15, 0.2) is 18.3 Å². The summed E-state index contributed by atoms with van der Waals surface area (Å²) in [5, 5.41) is 5.99. The molecule has 2 heterocycles. The monoisotopic (exact) mass is 292 g/mol. The molecule has 2 amide bonds. The van der Waals surface area contributed by atoms with Crippen LogP contribution in [0, 0.1) is 0 Å². The summed E-state index contributed by atoms with van der Waals surface area (Å²) in [4.78, 5) is 26.6. The highest BCUT2D eigenvalue weighted by Gasteiger charge is 2.33. The lowest BCUT2D eigenvalue weighted by molar-refractivity contribution is -0.126. The van der Waals surface area contributed by atoms with Crippen LogP contribution in [0.4, 0.5) is 0 Å². The third-order valence-corrected chi connectivity index (χ3v) is 3.67. The minimum absolute atomic E-state index is 0.0637. The van der Waals surface area contributed by atoms with Gasteiger partial charge in [-0.05, 0) is 25.5 Å². The molecule has 2 N–H and O–H groups in total. The number of rotatable bonds is 5. The first-order valence-corrected chi connectivity index (χ1v) is 7.63. The number of carbonyl (C=O) groups excluding carboxylic acids is 2. The molecule has 0 saturated carbocycles. The number of nitrogens with one attached hydrogen (secondary N) is 2. The first-order chi connectivity index (χ1) is 10.2. The molecule has 1 fully saturated rings. The lowest BCUT2D eigenvalue weighted by Gasteiger charge is -2.35. The molecule has 6 nitrogen and oxygen atoms in total. The molecule has 1 aliphatic heterocycles. The Labute approximate surface area is 125 Å². The molecule has 21 heavy (non-hydrogen) atoms. The number of likely N-dealkylation sites (N-methyl/N-ethyl adjacent to an activating group) is 1. The van der Waals surface area contributed by atoms with Crippen molar-refractivity contribution in [2.75, 3.05) is 26.2 Å². The Morgan fingerprint density at radius 1 is 1.43 bits per heavy atom. The van der Waals surface area contributed by atoms with Gasteiger partial charge < -0.3 is 20.1 Å². The zero-order valence-electron chi connectivity index (χ0n) is 12.8. The highest BCUT2D eigenvalue weighted by molar-refractivity contribution is 5.96. The van der Waals surface area contributed by atoms with Gasteiger partial charge in [-0.25, -0.2) is 0 Å². The van der Waals surface area contributed by atoms with Crippen LogP contribution in [0.25, 0.3) is 0 Å². The average Bonchev–Trinajstić information content (AvgIpc) is 2.95. The molecule has 0 aliphatic carbocycles. The fraction of sp³-hybridized carbons (Fsp3) is 0.600. The van der Waals surface area contributed by atoms with E-state index in [-0.39, 0.29) is 11.8 Å². The van der Waals surface area contributed by atoms with E-state index < -0.39 is 6.04 Å². The number of carbonyl (C=O) groups is 2. The van der Waals surface area contributed by atoms with Gasteiger partial charge in [-0.3, -0.25) is 9.59 Å². The summed E-state index contributed by atoms with van der Waals surface area (Å²) in [7, 11) is 0. The standard InChI is InChI=1S/C15H24N4O2/c1-3-8-18-9-5-6-12(18)15(21)19-10-7-16-11-13(19)14(20)17-4-2/h5-6,9,13,16H,3-4,7-8,10-11H2,1-2H3,(H,17,20). The second-order valence-corrected chi connectivity index (χ2v) is 5.20. The third-order valence-electron chi connectivity index (χ3n) is 3.67. The van der Waals surface area contributed by atoms with Crippen LogP contribution in [0.2, 0.25) is 0 Å². The van der Waals surface area contributed by atoms with E-state index in [1.54, 1.807) is 4.90 Å². The molecule has 6 heteroatoms. The summed E-state index contributed by atoms with van der Waals surface area (Å²) in [5.41, 5.74) is 0.660. The second-order valence-electron chi connectivity index (χ2n) is 5.20. The minimum atomic E-state index is -0.434. The van der Waals surface area contributed by atoms with Crippen molar-refractivity contribution in [3.05, 3.63) is 24.0 Å². The molecule has 0 aromatic carbocycles. The van der Waals surface area contributed by atoms with Crippen LogP contribution in [0.1, 0.15) is 30.8 Å². The predicted molar refractivity (Wildman–Crippen MR) is 81.1 cm³/mol. The van der Waals surface area contributed by atoms with Gasteiger partial charge in [0.15, 0.2) is 0 Å². The van der Waals surface area contributed by atoms with Crippen LogP contribution in [-0.4, -0.2) is 53.5 Å². The van der Waals surface area contributed by atoms with Gasteiger partial charge in [0.05, 0.1) is 0 Å². The van der Waals surface area contributed by atoms with Crippen LogP contribution in [0.3, 0.4) is 0 Å². The van der Waals surface area contributed by atoms with E-state index in [0.717, 1.165) is 19.5 Å². The molecular formula is C15H24N4O2. The van der Waals surface area contributed by atoms with Crippen LogP contribution in [-0.2, 0) is 11.3 Å². The van der Waals surface area contributed by atoms with E-state index in [2.05, 4.69) is 17.6 Å². The molecule has 1 atom stereocenters. The average molecular weight is 292 g/mol. The van der Waals surface area contributed by atoms with Gasteiger partial charge in [-0.15, -0.1) is 0 Å². The summed E-state index contributed by atoms with van der Waals surface area (Å²) in [6, 6.07) is 3.28. The second kappa shape index (κ2) is 7.26. The zero-order valence-corrected chi connectivity index (χ0v) is 12.8. The quantitative estimate of drug-likeness (QED) is 0.828. The molecular weight excluding hydrogens is 268 g/mol. The summed E-state index contributed by atoms with van der Waals surface area (Å²) in [6.45, 7) is 7.12. The summed E-state index contributed by atoms with van der Waals surface area (Å²) in [6.07, 6.45) is 2.89. The van der Waals surface area contributed by atoms with E-state index in [9.17, 15) is 9.59 Å². The number of piperazine rings is 1. The van der Waals surface area contributed by atoms with Crippen molar-refractivity contribution in [3.8, 4) is 0 Å². The lowest BCUT2D eigenvalue weighted by Crippen LogP contribution is -2.59. The van der Waals surface area contributed by atoms with Gasteiger partial charge in [-0.1, -0.05) is 6.92 Å². The third kappa shape index (κ3) is 3.44. The lowest BCUT2D eigenvalue weighted by atomic mass is 10.1. The smallest absolute Gasteiger partial charge is 0.271 e. The van der Waals surface area contributed by atoms with Crippen molar-refractivity contribution < 1.29 is 9.59 Å². The van der Waals surface area contributed by atoms with Crippen molar-refractivity contribution in [1.82, 2.24) is 20.1 Å². The number of hydrogen-bond acceptors (Lipinski definition) is 3. The Kier molecular flexibility index (Phi) is 5.38. The molecule has 0 radical (unpaired) electrons. The fourth-order valence-electron chi connectivity index (χ4n) is 2.66. The van der Waals surface area contributed by atoms with Gasteiger partial charge in [0.2, 0.25) is 5.91 Å². The van der Waals surface area contributed by atoms with E-state index in [4.69, 9.17) is 0 Å². The Bertz CT molecular complexity index is 498. The first kappa shape index (κ1) is 15.6. The van der Waals surface area contributed by atoms with E-state index in [1.807, 2.05) is 29.8 Å². The molecule has 1 aromatic heterocycles. The Morgan fingerprint density at radius 2 is 2.24 bits per heavy atom. The number of aryl methyl sites for hydroxylation is 1. The van der Waals surface area contributed by atoms with Crippen molar-refractivity contribution in [2.45, 2.75) is 32.9 Å². The molecule has 116 valence electrons. The van der Waals surface area contributed by atoms with Crippen LogP contribution >= 0.6 is 0 Å². The maximum absolute atomic E-state index is 12.8. The van der Waals surface area contributed by atoms with Crippen LogP contribution in [0.5, 0.6) is 0 Å². The van der Waals surface area contributed by atoms with E-state index >= 15 is 0 Å². The fourth-order valence-corrected chi connectivity index (χ4v) is 2.66. The number of amides is 2. The normalized spacial score (nSPS) is 18.6. The summed E-state index contributed by atoms with van der Waals surface area (Å²) >= 11 is 0. The van der Waals surface area contributed by atoms with Gasteiger partial charge in [0.1, 0.15) is 11.7 Å². The largest absolute Gasteiger partial charge is 0.355 e. The van der Waals surface area contributed by atoms with Gasteiger partial charge in [0, 0.05) is 38.9 Å². The minimum Gasteiger partial charge on any atom is -0.355 e. The summed E-state index contributed by atoms with van der Waals surface area (Å²) < 4.78 is 1.96. The molecule has 1 unspecified atom stereocenters. The highest BCUT2D eigenvalue weighted by atomic mass is 16.2. The Balaban J connectivity index is 2.18. The number of aromatic nitrogens is 1. The maximum atomic E-state index is 12.8. The van der Waals surface area contributed by atoms with E-state index in [1.165, 1.54) is 0 Å². The van der Waals surface area contributed by atoms with Crippen molar-refractivity contribution in [3.63, 3.8) is 0 Å². The first-order valence-electron chi connectivity index (χ1n) is 7.63. The summed E-state index contributed by atoms with van der Waals surface area (Å²) in [5.74, 6) is -0.155. The van der Waals surface area contributed by atoms with Crippen molar-refractivity contribution in [2.24, 2.45) is 0 Å². The molecule has 1 aromatic rings. The number of nitrogens with zero attached hydrogens (tertiary/aromatic N) is 2. The zero-order chi connectivity index (χ0) is 15.2. The van der Waals surface area contributed by atoms with Gasteiger partial charge in [0.25, 0.3) is 5.91 Å². The van der Waals surface area contributed by atoms with Gasteiger partial charge >= 0.3 is 0 Å². The molecule has 1 aliphatic rings. The van der Waals surface area contributed by atoms with Crippen molar-refractivity contribution >= 4 is 11.8 Å². The Hall–Kier alpha value is -1.82. The van der Waals surface area contributed by atoms with Gasteiger partial charge in [-0.2, -0.15) is 0 Å². The van der Waals surface area contributed by atoms with Crippen molar-refractivity contribution in [1.29, 1.82) is 0 Å². The SMILES string of the molecule is CCCn1cccc1C(=O)N1CCNCC1C(=O)NCC. The molecule has 2 rings (SSSR count). The molecule has 0 bridgehead atoms. The van der Waals surface area contributed by atoms with E-state index in [0.29, 0.717) is 25.3 Å². The molecule has 0 spiro atoms.